The summed E-state index contributed by atoms with van der Waals surface area (Å²) < 4.78 is 4.74. The van der Waals surface area contributed by atoms with Gasteiger partial charge in [0.25, 0.3) is 0 Å². The van der Waals surface area contributed by atoms with Crippen molar-refractivity contribution in [2.45, 2.75) is 13.0 Å². The number of hydrogen-bond acceptors (Lipinski definition) is 3. The molecule has 0 aliphatic carbocycles. The summed E-state index contributed by atoms with van der Waals surface area (Å²) in [5, 5.41) is 0. The largest absolute Gasteiger partial charge is 0.371 e. The van der Waals surface area contributed by atoms with Gasteiger partial charge in [0.05, 0.1) is 13.2 Å². The van der Waals surface area contributed by atoms with Crippen LogP contribution in [0.25, 0.3) is 0 Å². The van der Waals surface area contributed by atoms with E-state index in [2.05, 4.69) is 11.6 Å². The van der Waals surface area contributed by atoms with Gasteiger partial charge in [0, 0.05) is 0 Å². The highest BCUT2D eigenvalue weighted by Gasteiger charge is 2.20. The van der Waals surface area contributed by atoms with E-state index >= 15 is 0 Å². The lowest BCUT2D eigenvalue weighted by Crippen LogP contribution is -1.87. The summed E-state index contributed by atoms with van der Waals surface area (Å²) >= 11 is 0. The average molecular weight is 141 g/mol. The Hall–Kier alpha value is -0.920. The quantitative estimate of drug-likeness (QED) is 0.248. The number of rotatable bonds is 2. The molecule has 0 spiro atoms. The van der Waals surface area contributed by atoms with Crippen molar-refractivity contribution < 1.29 is 9.53 Å². The maximum absolute atomic E-state index is 9.39. The van der Waals surface area contributed by atoms with Gasteiger partial charge < -0.3 is 4.74 Å². The molecule has 0 N–H and O–H groups in total. The highest BCUT2D eigenvalue weighted by atomic mass is 16.6. The maximum atomic E-state index is 9.39. The van der Waals surface area contributed by atoms with Crippen LogP contribution in [0, 0.1) is 0 Å². The molecule has 1 rings (SSSR count). The van der Waals surface area contributed by atoms with E-state index in [4.69, 9.17) is 4.74 Å². The normalized spacial score (nSPS) is 19.5. The molecule has 0 bridgehead atoms. The minimum atomic E-state index is 0.224. The van der Waals surface area contributed by atoms with Crippen molar-refractivity contribution in [3.63, 3.8) is 0 Å². The van der Waals surface area contributed by atoms with Gasteiger partial charge >= 0.3 is 0 Å². The number of hydrogen-bond donors (Lipinski definition) is 0. The van der Waals surface area contributed by atoms with E-state index in [0.29, 0.717) is 6.54 Å². The van der Waals surface area contributed by atoms with Gasteiger partial charge in [0.15, 0.2) is 0 Å². The van der Waals surface area contributed by atoms with Gasteiger partial charge in [-0.05, 0) is 6.92 Å². The number of nitrogens with zero attached hydrogens (tertiary/aromatic N) is 1. The van der Waals surface area contributed by atoms with Gasteiger partial charge in [-0.15, -0.1) is 6.58 Å². The van der Waals surface area contributed by atoms with Gasteiger partial charge in [-0.1, -0.05) is 6.08 Å². The van der Waals surface area contributed by atoms with Crippen LogP contribution in [0.1, 0.15) is 6.92 Å². The van der Waals surface area contributed by atoms with E-state index in [-0.39, 0.29) is 6.10 Å². The topological polar surface area (TPSA) is 42.0 Å². The zero-order chi connectivity index (χ0) is 7.82. The molecule has 0 aromatic carbocycles. The highest BCUT2D eigenvalue weighted by Crippen LogP contribution is 2.07. The fraction of sp³-hybridized carbons (Fsp3) is 0.571. The summed E-state index contributed by atoms with van der Waals surface area (Å²) in [5.74, 6) is 0. The minimum Gasteiger partial charge on any atom is -0.371 e. The molecule has 0 aromatic heterocycles. The predicted octanol–water partition coefficient (Wildman–Crippen LogP) is 0.913. The molecule has 0 amide bonds. The molecule has 1 fully saturated rings. The Morgan fingerprint density at radius 1 is 2.00 bits per heavy atom. The molecule has 3 heteroatoms. The monoisotopic (exact) mass is 141 g/mol. The van der Waals surface area contributed by atoms with Gasteiger partial charge in [-0.2, -0.15) is 0 Å². The van der Waals surface area contributed by atoms with Gasteiger partial charge in [0.1, 0.15) is 6.10 Å². The van der Waals surface area contributed by atoms with Crippen LogP contribution in [0.4, 0.5) is 0 Å². The first kappa shape index (κ1) is 9.08. The first-order chi connectivity index (χ1) is 4.85. The predicted molar refractivity (Wildman–Crippen MR) is 38.6 cm³/mol. The summed E-state index contributed by atoms with van der Waals surface area (Å²) in [6.45, 7) is 6.49. The molecule has 1 saturated heterocycles. The van der Waals surface area contributed by atoms with Crippen LogP contribution in [0.5, 0.6) is 0 Å². The molecule has 56 valence electrons. The summed E-state index contributed by atoms with van der Waals surface area (Å²) in [7, 11) is 0. The summed E-state index contributed by atoms with van der Waals surface area (Å²) in [6.07, 6.45) is 3.41. The van der Waals surface area contributed by atoms with Gasteiger partial charge in [0.2, 0.25) is 6.08 Å². The first-order valence-corrected chi connectivity index (χ1v) is 3.07. The first-order valence-electron chi connectivity index (χ1n) is 3.07. The number of allylic oxidation sites excluding steroid dienone is 1. The van der Waals surface area contributed by atoms with Crippen molar-refractivity contribution >= 4 is 6.08 Å². The van der Waals surface area contributed by atoms with Crippen LogP contribution in [0.2, 0.25) is 0 Å². The zero-order valence-electron chi connectivity index (χ0n) is 6.04. The zero-order valence-corrected chi connectivity index (χ0v) is 6.04. The molecule has 1 aliphatic rings. The Balaban J connectivity index is 0.000000236. The Morgan fingerprint density at radius 2 is 2.50 bits per heavy atom. The van der Waals surface area contributed by atoms with Gasteiger partial charge in [-0.25, -0.2) is 9.79 Å². The molecule has 0 radical (unpaired) electrons. The summed E-state index contributed by atoms with van der Waals surface area (Å²) in [5.41, 5.74) is 0. The number of epoxide rings is 1. The molecular formula is C7H11NO2. The minimum absolute atomic E-state index is 0.224. The lowest BCUT2D eigenvalue weighted by atomic mass is 10.5. The van der Waals surface area contributed by atoms with Crippen LogP contribution < -0.4 is 0 Å². The summed E-state index contributed by atoms with van der Waals surface area (Å²) in [4.78, 5) is 12.7. The Bertz CT molecular complexity index is 135. The SMILES string of the molecule is C=CC.O=C=NCC1CO1. The van der Waals surface area contributed by atoms with Crippen molar-refractivity contribution in [1.82, 2.24) is 0 Å². The van der Waals surface area contributed by atoms with E-state index in [1.807, 2.05) is 6.92 Å². The second-order valence-corrected chi connectivity index (χ2v) is 1.80. The Morgan fingerprint density at radius 3 is 2.80 bits per heavy atom. The van der Waals surface area contributed by atoms with Crippen LogP contribution >= 0.6 is 0 Å². The average Bonchev–Trinajstić information content (AvgIpc) is 2.68. The third-order valence-electron chi connectivity index (χ3n) is 0.762. The molecule has 1 heterocycles. The fourth-order valence-electron chi connectivity index (χ4n) is 0.313. The molecule has 0 aromatic rings. The van der Waals surface area contributed by atoms with Crippen LogP contribution in [0.3, 0.4) is 0 Å². The lowest BCUT2D eigenvalue weighted by Gasteiger charge is -1.72. The fourth-order valence-corrected chi connectivity index (χ4v) is 0.313. The molecule has 1 atom stereocenters. The third-order valence-corrected chi connectivity index (χ3v) is 0.762. The van der Waals surface area contributed by atoms with Crippen molar-refractivity contribution in [1.29, 1.82) is 0 Å². The Kier molecular flexibility index (Phi) is 5.63. The molecule has 1 unspecified atom stereocenters. The highest BCUT2D eigenvalue weighted by molar-refractivity contribution is 5.32. The number of ether oxygens (including phenoxy) is 1. The van der Waals surface area contributed by atoms with Crippen molar-refractivity contribution in [2.75, 3.05) is 13.2 Å². The second-order valence-electron chi connectivity index (χ2n) is 1.80. The molecule has 10 heavy (non-hydrogen) atoms. The molecule has 0 saturated carbocycles. The molecule has 1 aliphatic heterocycles. The van der Waals surface area contributed by atoms with Crippen LogP contribution in [-0.2, 0) is 9.53 Å². The third kappa shape index (κ3) is 7.08. The number of isocyanates is 1. The van der Waals surface area contributed by atoms with E-state index in [0.717, 1.165) is 6.61 Å². The van der Waals surface area contributed by atoms with Crippen molar-refractivity contribution in [2.24, 2.45) is 4.99 Å². The number of carbonyl (C=O) groups excluding carboxylic acids is 1. The van der Waals surface area contributed by atoms with Crippen LogP contribution in [-0.4, -0.2) is 25.3 Å². The standard InChI is InChI=1S/C4H5NO2.C3H6/c6-3-5-1-4-2-7-4;1-3-2/h4H,1-2H2;3H,1H2,2H3. The second kappa shape index (κ2) is 6.20. The van der Waals surface area contributed by atoms with Crippen molar-refractivity contribution in [3.8, 4) is 0 Å². The van der Waals surface area contributed by atoms with Crippen molar-refractivity contribution in [3.05, 3.63) is 12.7 Å². The Labute approximate surface area is 60.4 Å². The molecule has 3 nitrogen and oxygen atoms in total. The maximum Gasteiger partial charge on any atom is 0.235 e. The van der Waals surface area contributed by atoms with E-state index in [1.54, 1.807) is 6.08 Å². The van der Waals surface area contributed by atoms with Crippen LogP contribution in [0.15, 0.2) is 17.6 Å². The smallest absolute Gasteiger partial charge is 0.235 e. The van der Waals surface area contributed by atoms with E-state index in [9.17, 15) is 4.79 Å². The lowest BCUT2D eigenvalue weighted by molar-refractivity contribution is 0.412. The van der Waals surface area contributed by atoms with E-state index < -0.39 is 0 Å². The van der Waals surface area contributed by atoms with E-state index in [1.165, 1.54) is 6.08 Å². The van der Waals surface area contributed by atoms with Gasteiger partial charge in [-0.3, -0.25) is 0 Å². The summed E-state index contributed by atoms with van der Waals surface area (Å²) in [6, 6.07) is 0. The number of aliphatic imine (C=N–C) groups is 1. The molecular weight excluding hydrogens is 130 g/mol.